The second-order valence-corrected chi connectivity index (χ2v) is 8.58. The summed E-state index contributed by atoms with van der Waals surface area (Å²) in [5.41, 5.74) is 3.27. The second-order valence-electron chi connectivity index (χ2n) is 8.58. The summed E-state index contributed by atoms with van der Waals surface area (Å²) < 4.78 is 11.4. The average Bonchev–Trinajstić information content (AvgIpc) is 2.80. The average molecular weight is 450 g/mol. The molecule has 2 aromatic carbocycles. The molecule has 33 heavy (non-hydrogen) atoms. The monoisotopic (exact) mass is 449 g/mol. The molecular weight excluding hydrogens is 418 g/mol. The topological polar surface area (TPSA) is 80.0 Å². The third-order valence-electron chi connectivity index (χ3n) is 6.06. The third kappa shape index (κ3) is 5.17. The number of aliphatic hydroxyl groups is 1. The van der Waals surface area contributed by atoms with E-state index in [1.54, 1.807) is 14.0 Å². The molecule has 2 atom stereocenters. The van der Waals surface area contributed by atoms with Crippen molar-refractivity contribution < 1.29 is 19.1 Å². The van der Waals surface area contributed by atoms with E-state index in [2.05, 4.69) is 6.58 Å². The number of carbonyl (C=O) groups is 1. The lowest BCUT2D eigenvalue weighted by Gasteiger charge is -2.29. The number of hydrogen-bond acceptors (Lipinski definition) is 5. The van der Waals surface area contributed by atoms with E-state index in [-0.39, 0.29) is 12.3 Å². The predicted octanol–water partition coefficient (Wildman–Crippen LogP) is 4.49. The molecule has 0 saturated heterocycles. The first-order chi connectivity index (χ1) is 15.6. The lowest BCUT2D eigenvalue weighted by atomic mass is 9.99. The van der Waals surface area contributed by atoms with Crippen LogP contribution >= 0.6 is 0 Å². The van der Waals surface area contributed by atoms with Gasteiger partial charge in [-0.25, -0.2) is 4.79 Å². The molecule has 0 saturated carbocycles. The van der Waals surface area contributed by atoms with Gasteiger partial charge in [0, 0.05) is 18.0 Å². The minimum Gasteiger partial charge on any atom is -0.489 e. The van der Waals surface area contributed by atoms with Crippen LogP contribution in [-0.4, -0.2) is 35.6 Å². The number of likely N-dealkylation sites (N-methyl/N-ethyl adjacent to an activating group) is 1. The largest absolute Gasteiger partial charge is 0.489 e. The van der Waals surface area contributed by atoms with E-state index in [9.17, 15) is 14.7 Å². The maximum Gasteiger partial charge on any atom is 0.340 e. The van der Waals surface area contributed by atoms with E-state index < -0.39 is 17.8 Å². The number of hydrogen-bond donors (Lipinski definition) is 1. The normalized spacial score (nSPS) is 12.9. The molecule has 0 aliphatic carbocycles. The van der Waals surface area contributed by atoms with Crippen molar-refractivity contribution in [2.45, 2.75) is 46.3 Å². The molecule has 3 rings (SSSR count). The highest BCUT2D eigenvalue weighted by atomic mass is 16.5. The van der Waals surface area contributed by atoms with Crippen LogP contribution in [0.2, 0.25) is 0 Å². The van der Waals surface area contributed by atoms with Gasteiger partial charge in [-0.15, -0.1) is 0 Å². The molecule has 1 amide bonds. The Labute approximate surface area is 194 Å². The van der Waals surface area contributed by atoms with E-state index >= 15 is 0 Å². The second kappa shape index (κ2) is 10.0. The standard InChI is InChI=1S/C27H31NO5/c1-16(2)15-32-23-13-12-21-17(3)22(27(31)33-26(21)18(23)4)14-24(29)28(6)19(5)25(30)20-10-8-7-9-11-20/h7-13,19,25,30H,1,14-15H2,2-6H3/t19-,25+/m0/s1. The molecule has 0 aliphatic heterocycles. The Balaban J connectivity index is 1.86. The van der Waals surface area contributed by atoms with Crippen molar-refractivity contribution in [3.8, 4) is 5.75 Å². The molecule has 0 fully saturated rings. The van der Waals surface area contributed by atoms with E-state index in [0.717, 1.165) is 22.1 Å². The summed E-state index contributed by atoms with van der Waals surface area (Å²) in [7, 11) is 1.63. The van der Waals surface area contributed by atoms with Gasteiger partial charge >= 0.3 is 5.63 Å². The third-order valence-corrected chi connectivity index (χ3v) is 6.06. The number of carbonyl (C=O) groups excluding carboxylic acids is 1. The molecule has 0 unspecified atom stereocenters. The molecule has 0 bridgehead atoms. The van der Waals surface area contributed by atoms with Gasteiger partial charge in [0.15, 0.2) is 0 Å². The minimum atomic E-state index is -0.838. The summed E-state index contributed by atoms with van der Waals surface area (Å²) in [5, 5.41) is 11.4. The van der Waals surface area contributed by atoms with Gasteiger partial charge in [0.1, 0.15) is 17.9 Å². The maximum atomic E-state index is 13.0. The molecule has 0 aliphatic rings. The molecule has 6 heteroatoms. The van der Waals surface area contributed by atoms with Gasteiger partial charge in [0.2, 0.25) is 5.91 Å². The molecule has 174 valence electrons. The van der Waals surface area contributed by atoms with Crippen molar-refractivity contribution in [2.24, 2.45) is 0 Å². The van der Waals surface area contributed by atoms with Gasteiger partial charge in [-0.1, -0.05) is 36.9 Å². The first-order valence-corrected chi connectivity index (χ1v) is 10.9. The van der Waals surface area contributed by atoms with E-state index in [0.29, 0.717) is 29.1 Å². The van der Waals surface area contributed by atoms with Gasteiger partial charge < -0.3 is 19.2 Å². The number of benzene rings is 2. The Morgan fingerprint density at radius 2 is 1.82 bits per heavy atom. The fourth-order valence-electron chi connectivity index (χ4n) is 3.78. The lowest BCUT2D eigenvalue weighted by molar-refractivity contribution is -0.133. The number of fused-ring (bicyclic) bond motifs is 1. The zero-order chi connectivity index (χ0) is 24.3. The Morgan fingerprint density at radius 1 is 1.15 bits per heavy atom. The van der Waals surface area contributed by atoms with E-state index in [1.807, 2.05) is 63.2 Å². The highest BCUT2D eigenvalue weighted by Crippen LogP contribution is 2.30. The number of amides is 1. The van der Waals surface area contributed by atoms with Crippen LogP contribution in [0.5, 0.6) is 5.75 Å². The molecule has 3 aromatic rings. The van der Waals surface area contributed by atoms with Gasteiger partial charge in [-0.2, -0.15) is 0 Å². The van der Waals surface area contributed by atoms with Crippen molar-refractivity contribution in [1.82, 2.24) is 4.90 Å². The van der Waals surface area contributed by atoms with Crippen molar-refractivity contribution >= 4 is 16.9 Å². The molecule has 1 N–H and O–H groups in total. The van der Waals surface area contributed by atoms with Crippen molar-refractivity contribution in [3.05, 3.63) is 87.3 Å². The number of aryl methyl sites for hydroxylation is 2. The zero-order valence-electron chi connectivity index (χ0n) is 19.8. The summed E-state index contributed by atoms with van der Waals surface area (Å²) >= 11 is 0. The SMILES string of the molecule is C=C(C)COc1ccc2c(C)c(CC(=O)N(C)[C@@H](C)[C@@H](O)c3ccccc3)c(=O)oc2c1C. The molecule has 6 nitrogen and oxygen atoms in total. The van der Waals surface area contributed by atoms with Crippen LogP contribution in [0, 0.1) is 13.8 Å². The summed E-state index contributed by atoms with van der Waals surface area (Å²) in [5.74, 6) is 0.352. The van der Waals surface area contributed by atoms with Gasteiger partial charge in [-0.05, 0) is 56.5 Å². The fourth-order valence-corrected chi connectivity index (χ4v) is 3.78. The number of rotatable bonds is 8. The van der Waals surface area contributed by atoms with Crippen LogP contribution < -0.4 is 10.4 Å². The highest BCUT2D eigenvalue weighted by molar-refractivity contribution is 5.87. The fraction of sp³-hybridized carbons (Fsp3) is 0.333. The van der Waals surface area contributed by atoms with Crippen LogP contribution in [0.25, 0.3) is 11.0 Å². The lowest BCUT2D eigenvalue weighted by Crippen LogP contribution is -2.40. The summed E-state index contributed by atoms with van der Waals surface area (Å²) in [6.07, 6.45) is -0.950. The molecular formula is C27H31NO5. The van der Waals surface area contributed by atoms with E-state index in [1.165, 1.54) is 4.90 Å². The van der Waals surface area contributed by atoms with Crippen LogP contribution in [0.1, 0.15) is 42.2 Å². The highest BCUT2D eigenvalue weighted by Gasteiger charge is 2.26. The minimum absolute atomic E-state index is 0.112. The summed E-state index contributed by atoms with van der Waals surface area (Å²) in [6, 6.07) is 12.4. The number of aliphatic hydroxyl groups excluding tert-OH is 1. The quantitative estimate of drug-likeness (QED) is 0.405. The Hall–Kier alpha value is -3.38. The first kappa shape index (κ1) is 24.3. The van der Waals surface area contributed by atoms with Crippen molar-refractivity contribution in [3.63, 3.8) is 0 Å². The van der Waals surface area contributed by atoms with E-state index in [4.69, 9.17) is 9.15 Å². The van der Waals surface area contributed by atoms with Gasteiger partial charge in [0.25, 0.3) is 0 Å². The maximum absolute atomic E-state index is 13.0. The first-order valence-electron chi connectivity index (χ1n) is 10.9. The smallest absolute Gasteiger partial charge is 0.340 e. The Morgan fingerprint density at radius 3 is 2.45 bits per heavy atom. The van der Waals surface area contributed by atoms with Crippen LogP contribution in [0.4, 0.5) is 0 Å². The number of ether oxygens (including phenoxy) is 1. The zero-order valence-corrected chi connectivity index (χ0v) is 19.8. The van der Waals surface area contributed by atoms with Crippen LogP contribution in [-0.2, 0) is 11.2 Å². The molecule has 1 heterocycles. The van der Waals surface area contributed by atoms with Crippen LogP contribution in [0.3, 0.4) is 0 Å². The summed E-state index contributed by atoms with van der Waals surface area (Å²) in [6.45, 7) is 11.5. The molecule has 0 radical (unpaired) electrons. The predicted molar refractivity (Wildman–Crippen MR) is 130 cm³/mol. The molecule has 0 spiro atoms. The van der Waals surface area contributed by atoms with Crippen molar-refractivity contribution in [1.29, 1.82) is 0 Å². The molecule has 1 aromatic heterocycles. The van der Waals surface area contributed by atoms with Gasteiger partial charge in [0.05, 0.1) is 24.1 Å². The Bertz CT molecular complexity index is 1230. The van der Waals surface area contributed by atoms with Gasteiger partial charge in [-0.3, -0.25) is 4.79 Å². The summed E-state index contributed by atoms with van der Waals surface area (Å²) in [4.78, 5) is 27.3. The number of nitrogens with zero attached hydrogens (tertiary/aromatic N) is 1. The van der Waals surface area contributed by atoms with Crippen LogP contribution in [0.15, 0.2) is 63.8 Å². The Kier molecular flexibility index (Phi) is 7.39. The van der Waals surface area contributed by atoms with Crippen molar-refractivity contribution in [2.75, 3.05) is 13.7 Å².